The van der Waals surface area contributed by atoms with Gasteiger partial charge in [-0.15, -0.1) is 0 Å². The largest absolute Gasteiger partial charge is 0.360 e. The van der Waals surface area contributed by atoms with Gasteiger partial charge in [-0.1, -0.05) is 25.7 Å². The van der Waals surface area contributed by atoms with E-state index in [0.29, 0.717) is 54.7 Å². The Morgan fingerprint density at radius 2 is 1.83 bits per heavy atom. The lowest BCUT2D eigenvalue weighted by Crippen LogP contribution is -2.52. The molecule has 0 bridgehead atoms. The number of ether oxygens (including phenoxy) is 1. The summed E-state index contributed by atoms with van der Waals surface area (Å²) >= 11 is 0. The smallest absolute Gasteiger partial charge is 0.144 e. The molecule has 1 atom stereocenters. The maximum atomic E-state index is 15.0. The Kier molecular flexibility index (Phi) is 8.77. The number of hydrogen-bond donors (Lipinski definition) is 1. The van der Waals surface area contributed by atoms with E-state index in [9.17, 15) is 4.39 Å². The second-order valence-corrected chi connectivity index (χ2v) is 17.9. The van der Waals surface area contributed by atoms with Crippen LogP contribution in [0, 0.1) is 25.5 Å². The number of hydrogen-bond acceptors (Lipinski definition) is 7. The fourth-order valence-corrected chi connectivity index (χ4v) is 6.26. The standard InChI is InChI=1S/C30H40F3N7OSi/c1-19-17-39(13-12-38(19)11-10-31)25-16-22-27(20(2)34-25)35-30(26-23(32)8-7-9-24(26)33)36-28-21(3)37-40(29(22)28)18-41-14-15-42(4,5)6/h7-9,16,19H,10-15,17-18H2,1-6H3,(H,35,36). The van der Waals surface area contributed by atoms with E-state index in [1.54, 1.807) is 4.68 Å². The third-order valence-electron chi connectivity index (χ3n) is 7.88. The molecule has 2 aliphatic rings. The Morgan fingerprint density at radius 3 is 2.50 bits per heavy atom. The molecule has 1 N–H and O–H groups in total. The van der Waals surface area contributed by atoms with Crippen LogP contribution in [0.3, 0.4) is 0 Å². The van der Waals surface area contributed by atoms with Gasteiger partial charge in [0.05, 0.1) is 28.3 Å². The Bertz CT molecular complexity index is 1470. The quantitative estimate of drug-likeness (QED) is 0.236. The van der Waals surface area contributed by atoms with Crippen molar-refractivity contribution in [3.8, 4) is 11.3 Å². The number of nitrogens with one attached hydrogen (secondary N) is 1. The molecule has 2 aromatic heterocycles. The van der Waals surface area contributed by atoms with Crippen molar-refractivity contribution < 1.29 is 17.9 Å². The van der Waals surface area contributed by atoms with E-state index >= 15 is 8.78 Å². The van der Waals surface area contributed by atoms with E-state index in [4.69, 9.17) is 19.8 Å². The minimum absolute atomic E-state index is 0.0546. The van der Waals surface area contributed by atoms with Crippen molar-refractivity contribution in [3.05, 3.63) is 52.9 Å². The van der Waals surface area contributed by atoms with Crippen LogP contribution in [-0.4, -0.2) is 79.1 Å². The molecule has 1 unspecified atom stereocenters. The first-order valence-corrected chi connectivity index (χ1v) is 18.2. The van der Waals surface area contributed by atoms with Gasteiger partial charge in [0.15, 0.2) is 0 Å². The van der Waals surface area contributed by atoms with Crippen molar-refractivity contribution in [2.45, 2.75) is 59.2 Å². The number of halogens is 3. The molecular formula is C30H40F3N7OSi. The third kappa shape index (κ3) is 6.25. The van der Waals surface area contributed by atoms with Gasteiger partial charge in [-0.3, -0.25) is 4.90 Å². The summed E-state index contributed by atoms with van der Waals surface area (Å²) in [5, 5.41) is 7.98. The molecule has 5 rings (SSSR count). The number of benzene rings is 1. The minimum atomic E-state index is -1.29. The maximum Gasteiger partial charge on any atom is 0.144 e. The van der Waals surface area contributed by atoms with Crippen molar-refractivity contribution in [1.82, 2.24) is 19.7 Å². The molecule has 3 aromatic rings. The summed E-state index contributed by atoms with van der Waals surface area (Å²) < 4.78 is 50.9. The van der Waals surface area contributed by atoms with Crippen LogP contribution in [0.4, 0.5) is 30.4 Å². The molecule has 4 heterocycles. The third-order valence-corrected chi connectivity index (χ3v) is 9.58. The van der Waals surface area contributed by atoms with Gasteiger partial charge in [0.25, 0.3) is 0 Å². The van der Waals surface area contributed by atoms with Crippen LogP contribution in [-0.2, 0) is 11.5 Å². The van der Waals surface area contributed by atoms with Gasteiger partial charge in [-0.05, 0) is 45.0 Å². The summed E-state index contributed by atoms with van der Waals surface area (Å²) in [4.78, 5) is 14.0. The van der Waals surface area contributed by atoms with Gasteiger partial charge in [0.2, 0.25) is 0 Å². The number of pyridine rings is 1. The van der Waals surface area contributed by atoms with Gasteiger partial charge in [-0.25, -0.2) is 27.8 Å². The molecule has 0 saturated carbocycles. The number of amidine groups is 1. The number of aliphatic imine (C=N–C) groups is 1. The number of nitrogens with zero attached hydrogens (tertiary/aromatic N) is 6. The Balaban J connectivity index is 1.60. The van der Waals surface area contributed by atoms with Crippen molar-refractivity contribution >= 4 is 31.1 Å². The first-order chi connectivity index (χ1) is 20.0. The molecule has 0 radical (unpaired) electrons. The van der Waals surface area contributed by atoms with Crippen molar-refractivity contribution in [2.75, 3.05) is 49.7 Å². The van der Waals surface area contributed by atoms with Gasteiger partial charge in [0, 0.05) is 52.5 Å². The van der Waals surface area contributed by atoms with E-state index in [2.05, 4.69) is 41.7 Å². The predicted octanol–water partition coefficient (Wildman–Crippen LogP) is 6.14. The van der Waals surface area contributed by atoms with E-state index in [-0.39, 0.29) is 30.8 Å². The molecule has 1 aromatic carbocycles. The van der Waals surface area contributed by atoms with Crippen LogP contribution in [0.1, 0.15) is 23.9 Å². The first kappa shape index (κ1) is 30.2. The highest BCUT2D eigenvalue weighted by molar-refractivity contribution is 6.76. The molecule has 1 saturated heterocycles. The van der Waals surface area contributed by atoms with E-state index in [0.717, 1.165) is 24.0 Å². The summed E-state index contributed by atoms with van der Waals surface area (Å²) in [6.45, 7) is 15.7. The Hall–Kier alpha value is -3.22. The van der Waals surface area contributed by atoms with Crippen LogP contribution in [0.15, 0.2) is 29.3 Å². The van der Waals surface area contributed by atoms with Crippen molar-refractivity contribution in [3.63, 3.8) is 0 Å². The predicted molar refractivity (Wildman–Crippen MR) is 164 cm³/mol. The van der Waals surface area contributed by atoms with Gasteiger partial charge in [-0.2, -0.15) is 5.10 Å². The van der Waals surface area contributed by atoms with Gasteiger partial charge >= 0.3 is 0 Å². The topological polar surface area (TPSA) is 70.8 Å². The summed E-state index contributed by atoms with van der Waals surface area (Å²) in [7, 11) is -1.29. The summed E-state index contributed by atoms with van der Waals surface area (Å²) in [5.74, 6) is -0.600. The SMILES string of the molecule is Cc1nn(COCC[Si](C)(C)C)c2c1N=C(c1c(F)cccc1F)Nc1c-2cc(N2CCN(CCF)C(C)C2)nc1C. The van der Waals surface area contributed by atoms with Crippen LogP contribution < -0.4 is 10.2 Å². The summed E-state index contributed by atoms with van der Waals surface area (Å²) in [5.41, 5.74) is 3.63. The molecule has 0 amide bonds. The molecule has 0 aliphatic carbocycles. The fourth-order valence-electron chi connectivity index (χ4n) is 5.50. The molecule has 12 heteroatoms. The average molecular weight is 600 g/mol. The van der Waals surface area contributed by atoms with Crippen LogP contribution >= 0.6 is 0 Å². The number of alkyl halides is 1. The minimum Gasteiger partial charge on any atom is -0.360 e. The highest BCUT2D eigenvalue weighted by atomic mass is 28.3. The van der Waals surface area contributed by atoms with E-state index in [1.807, 2.05) is 19.9 Å². The van der Waals surface area contributed by atoms with E-state index in [1.165, 1.54) is 18.2 Å². The zero-order chi connectivity index (χ0) is 30.2. The highest BCUT2D eigenvalue weighted by Gasteiger charge is 2.31. The number of piperazine rings is 1. The average Bonchev–Trinajstić information content (AvgIpc) is 3.11. The Labute approximate surface area is 246 Å². The first-order valence-electron chi connectivity index (χ1n) is 14.5. The van der Waals surface area contributed by atoms with Gasteiger partial charge < -0.3 is 15.0 Å². The zero-order valence-electron chi connectivity index (χ0n) is 25.3. The molecule has 2 aliphatic heterocycles. The molecule has 42 heavy (non-hydrogen) atoms. The van der Waals surface area contributed by atoms with Crippen molar-refractivity contribution in [1.29, 1.82) is 0 Å². The second-order valence-electron chi connectivity index (χ2n) is 12.3. The number of rotatable bonds is 9. The molecular weight excluding hydrogens is 559 g/mol. The summed E-state index contributed by atoms with van der Waals surface area (Å²) in [6, 6.07) is 6.94. The van der Waals surface area contributed by atoms with Crippen molar-refractivity contribution in [2.24, 2.45) is 4.99 Å². The monoisotopic (exact) mass is 599 g/mol. The molecule has 1 fully saturated rings. The highest BCUT2D eigenvalue weighted by Crippen LogP contribution is 2.43. The lowest BCUT2D eigenvalue weighted by Gasteiger charge is -2.40. The van der Waals surface area contributed by atoms with E-state index < -0.39 is 19.7 Å². The number of aromatic nitrogens is 3. The van der Waals surface area contributed by atoms with Gasteiger partial charge in [0.1, 0.15) is 42.4 Å². The fraction of sp³-hybridized carbons (Fsp3) is 0.500. The lowest BCUT2D eigenvalue weighted by atomic mass is 10.1. The molecule has 0 spiro atoms. The van der Waals surface area contributed by atoms with Crippen LogP contribution in [0.2, 0.25) is 25.7 Å². The molecule has 8 nitrogen and oxygen atoms in total. The molecule has 226 valence electrons. The number of anilines is 2. The maximum absolute atomic E-state index is 15.0. The normalized spacial score (nSPS) is 17.4. The Morgan fingerprint density at radius 1 is 1.10 bits per heavy atom. The number of fused-ring (bicyclic) bond motifs is 3. The van der Waals surface area contributed by atoms with Crippen LogP contribution in [0.25, 0.3) is 11.3 Å². The second kappa shape index (κ2) is 12.2. The summed E-state index contributed by atoms with van der Waals surface area (Å²) in [6.07, 6.45) is 0. The lowest BCUT2D eigenvalue weighted by molar-refractivity contribution is 0.0796. The number of aryl methyl sites for hydroxylation is 2. The van der Waals surface area contributed by atoms with Crippen LogP contribution in [0.5, 0.6) is 0 Å². The zero-order valence-corrected chi connectivity index (χ0v) is 26.3.